The van der Waals surface area contributed by atoms with Gasteiger partial charge in [-0.25, -0.2) is 9.37 Å². The standard InChI is InChI=1S/C23H21FN4O3S/c24-14-7-9-15(10-8-14)28-22(30)21-20(17-5-1-2-6-18(17)26-21)27-23(28)32-13-19(29)25-12-16-4-3-11-31-16/h1-2,5-10,16,26H,3-4,11-13H2,(H,25,29)/t16-/m1/s1. The number of carbonyl (C=O) groups is 1. The number of hydrogen-bond donors (Lipinski definition) is 2. The third-order valence-electron chi connectivity index (χ3n) is 5.46. The minimum atomic E-state index is -0.399. The van der Waals surface area contributed by atoms with E-state index in [1.54, 1.807) is 0 Å². The first-order valence-electron chi connectivity index (χ1n) is 10.4. The van der Waals surface area contributed by atoms with Crippen molar-refractivity contribution in [2.75, 3.05) is 18.9 Å². The zero-order valence-corrected chi connectivity index (χ0v) is 18.0. The van der Waals surface area contributed by atoms with Gasteiger partial charge in [0.05, 0.1) is 17.5 Å². The summed E-state index contributed by atoms with van der Waals surface area (Å²) in [6.45, 7) is 1.20. The van der Waals surface area contributed by atoms with Crippen molar-refractivity contribution in [1.82, 2.24) is 19.9 Å². The Morgan fingerprint density at radius 2 is 2.06 bits per heavy atom. The zero-order chi connectivity index (χ0) is 22.1. The summed E-state index contributed by atoms with van der Waals surface area (Å²) in [6, 6.07) is 13.2. The number of halogens is 1. The van der Waals surface area contributed by atoms with Gasteiger partial charge in [0, 0.05) is 24.1 Å². The minimum absolute atomic E-state index is 0.0574. The number of aromatic nitrogens is 3. The van der Waals surface area contributed by atoms with E-state index < -0.39 is 5.82 Å². The molecule has 2 aromatic carbocycles. The molecule has 1 aliphatic heterocycles. The molecule has 0 bridgehead atoms. The molecule has 3 heterocycles. The van der Waals surface area contributed by atoms with Crippen LogP contribution in [0, 0.1) is 5.82 Å². The maximum absolute atomic E-state index is 13.5. The SMILES string of the molecule is O=C(CSc1nc2c([nH]c3ccccc32)c(=O)n1-c1ccc(F)cc1)NC[C@H]1CCCO1. The van der Waals surface area contributed by atoms with E-state index in [0.717, 1.165) is 30.4 Å². The van der Waals surface area contributed by atoms with Gasteiger partial charge < -0.3 is 15.0 Å². The molecule has 1 atom stereocenters. The first-order chi connectivity index (χ1) is 15.6. The van der Waals surface area contributed by atoms with Crippen molar-refractivity contribution in [2.45, 2.75) is 24.1 Å². The van der Waals surface area contributed by atoms with Crippen LogP contribution in [0.5, 0.6) is 0 Å². The van der Waals surface area contributed by atoms with Gasteiger partial charge >= 0.3 is 0 Å². The molecular formula is C23H21FN4O3S. The molecular weight excluding hydrogens is 431 g/mol. The Morgan fingerprint density at radius 1 is 1.25 bits per heavy atom. The van der Waals surface area contributed by atoms with Gasteiger partial charge in [0.2, 0.25) is 5.91 Å². The fourth-order valence-electron chi connectivity index (χ4n) is 3.87. The molecule has 4 aromatic rings. The molecule has 2 N–H and O–H groups in total. The van der Waals surface area contributed by atoms with E-state index in [-0.39, 0.29) is 23.3 Å². The van der Waals surface area contributed by atoms with Crippen LogP contribution in [-0.2, 0) is 9.53 Å². The summed E-state index contributed by atoms with van der Waals surface area (Å²) in [5, 5.41) is 4.08. The lowest BCUT2D eigenvalue weighted by Gasteiger charge is -2.13. The van der Waals surface area contributed by atoms with E-state index in [4.69, 9.17) is 9.72 Å². The summed E-state index contributed by atoms with van der Waals surface area (Å²) in [6.07, 6.45) is 2.01. The van der Waals surface area contributed by atoms with Crippen molar-refractivity contribution in [3.8, 4) is 5.69 Å². The van der Waals surface area contributed by atoms with E-state index in [1.807, 2.05) is 24.3 Å². The smallest absolute Gasteiger partial charge is 0.283 e. The summed E-state index contributed by atoms with van der Waals surface area (Å²) in [5.74, 6) is -0.470. The van der Waals surface area contributed by atoms with Crippen LogP contribution >= 0.6 is 11.8 Å². The van der Waals surface area contributed by atoms with E-state index >= 15 is 0 Å². The Labute approximate surface area is 187 Å². The summed E-state index contributed by atoms with van der Waals surface area (Å²) in [5.41, 5.74) is 1.88. The minimum Gasteiger partial charge on any atom is -0.376 e. The molecule has 0 spiro atoms. The highest BCUT2D eigenvalue weighted by atomic mass is 32.2. The molecule has 0 unspecified atom stereocenters. The fraction of sp³-hybridized carbons (Fsp3) is 0.261. The van der Waals surface area contributed by atoms with Gasteiger partial charge in [-0.3, -0.25) is 14.2 Å². The molecule has 7 nitrogen and oxygen atoms in total. The van der Waals surface area contributed by atoms with Crippen molar-refractivity contribution < 1.29 is 13.9 Å². The second-order valence-electron chi connectivity index (χ2n) is 7.63. The van der Waals surface area contributed by atoms with Crippen LogP contribution in [0.2, 0.25) is 0 Å². The van der Waals surface area contributed by atoms with Gasteiger partial charge in [-0.2, -0.15) is 0 Å². The highest BCUT2D eigenvalue weighted by Crippen LogP contribution is 2.26. The van der Waals surface area contributed by atoms with Gasteiger partial charge in [0.15, 0.2) is 5.16 Å². The van der Waals surface area contributed by atoms with Crippen molar-refractivity contribution in [1.29, 1.82) is 0 Å². The Hall–Kier alpha value is -3.17. The number of H-pyrrole nitrogens is 1. The van der Waals surface area contributed by atoms with Crippen molar-refractivity contribution >= 4 is 39.6 Å². The van der Waals surface area contributed by atoms with Crippen molar-refractivity contribution in [3.05, 3.63) is 64.7 Å². The van der Waals surface area contributed by atoms with E-state index in [0.29, 0.717) is 28.4 Å². The quantitative estimate of drug-likeness (QED) is 0.346. The van der Waals surface area contributed by atoms with Crippen LogP contribution < -0.4 is 10.9 Å². The first kappa shape index (κ1) is 20.7. The van der Waals surface area contributed by atoms with Crippen molar-refractivity contribution in [3.63, 3.8) is 0 Å². The van der Waals surface area contributed by atoms with E-state index in [2.05, 4.69) is 10.3 Å². The number of carbonyl (C=O) groups excluding carboxylic acids is 1. The average molecular weight is 453 g/mol. The number of benzene rings is 2. The van der Waals surface area contributed by atoms with E-state index in [9.17, 15) is 14.0 Å². The van der Waals surface area contributed by atoms with Gasteiger partial charge in [-0.15, -0.1) is 0 Å². The van der Waals surface area contributed by atoms with Crippen LogP contribution in [0.1, 0.15) is 12.8 Å². The largest absolute Gasteiger partial charge is 0.376 e. The Kier molecular flexibility index (Phi) is 5.67. The lowest BCUT2D eigenvalue weighted by atomic mass is 10.2. The number of rotatable bonds is 6. The number of nitrogens with one attached hydrogen (secondary N) is 2. The lowest BCUT2D eigenvalue weighted by Crippen LogP contribution is -2.33. The molecule has 2 aromatic heterocycles. The Bertz CT molecular complexity index is 1340. The molecule has 1 saturated heterocycles. The lowest BCUT2D eigenvalue weighted by molar-refractivity contribution is -0.119. The monoisotopic (exact) mass is 452 g/mol. The van der Waals surface area contributed by atoms with Crippen molar-refractivity contribution in [2.24, 2.45) is 0 Å². The van der Waals surface area contributed by atoms with Gasteiger partial charge in [-0.1, -0.05) is 30.0 Å². The van der Waals surface area contributed by atoms with Gasteiger partial charge in [0.1, 0.15) is 16.9 Å². The highest BCUT2D eigenvalue weighted by molar-refractivity contribution is 7.99. The number of aromatic amines is 1. The van der Waals surface area contributed by atoms with Crippen LogP contribution in [0.15, 0.2) is 58.5 Å². The number of thioether (sulfide) groups is 1. The fourth-order valence-corrected chi connectivity index (χ4v) is 4.71. The number of amides is 1. The second kappa shape index (κ2) is 8.76. The summed E-state index contributed by atoms with van der Waals surface area (Å²) >= 11 is 1.17. The molecule has 5 rings (SSSR count). The molecule has 0 aliphatic carbocycles. The zero-order valence-electron chi connectivity index (χ0n) is 17.1. The maximum Gasteiger partial charge on any atom is 0.283 e. The third-order valence-corrected chi connectivity index (χ3v) is 6.40. The van der Waals surface area contributed by atoms with Gasteiger partial charge in [0.25, 0.3) is 5.56 Å². The number of ether oxygens (including phenoxy) is 1. The second-order valence-corrected chi connectivity index (χ2v) is 8.58. The maximum atomic E-state index is 13.5. The normalized spacial score (nSPS) is 16.1. The predicted molar refractivity (Wildman–Crippen MR) is 122 cm³/mol. The van der Waals surface area contributed by atoms with E-state index in [1.165, 1.54) is 40.6 Å². The molecule has 1 amide bonds. The van der Waals surface area contributed by atoms with Crippen LogP contribution in [0.3, 0.4) is 0 Å². The molecule has 0 saturated carbocycles. The number of nitrogens with zero attached hydrogens (tertiary/aromatic N) is 2. The molecule has 0 radical (unpaired) electrons. The topological polar surface area (TPSA) is 89.0 Å². The van der Waals surface area contributed by atoms with Crippen LogP contribution in [-0.4, -0.2) is 45.5 Å². The Morgan fingerprint density at radius 3 is 2.84 bits per heavy atom. The molecule has 32 heavy (non-hydrogen) atoms. The predicted octanol–water partition coefficient (Wildman–Crippen LogP) is 3.39. The summed E-state index contributed by atoms with van der Waals surface area (Å²) in [7, 11) is 0. The number of fused-ring (bicyclic) bond motifs is 3. The number of hydrogen-bond acceptors (Lipinski definition) is 5. The van der Waals surface area contributed by atoms with Crippen LogP contribution in [0.25, 0.3) is 27.6 Å². The average Bonchev–Trinajstić information content (AvgIpc) is 3.45. The Balaban J connectivity index is 1.50. The van der Waals surface area contributed by atoms with Gasteiger partial charge in [-0.05, 0) is 43.2 Å². The first-order valence-corrected chi connectivity index (χ1v) is 11.4. The molecule has 9 heteroatoms. The highest BCUT2D eigenvalue weighted by Gasteiger charge is 2.19. The summed E-state index contributed by atoms with van der Waals surface area (Å²) < 4.78 is 20.4. The van der Waals surface area contributed by atoms with Crippen LogP contribution in [0.4, 0.5) is 4.39 Å². The summed E-state index contributed by atoms with van der Waals surface area (Å²) in [4.78, 5) is 33.7. The molecule has 1 aliphatic rings. The third kappa shape index (κ3) is 4.01. The molecule has 1 fully saturated rings. The number of para-hydroxylation sites is 1. The molecule has 164 valence electrons.